The molecule has 0 amide bonds. The van der Waals surface area contributed by atoms with Crippen LogP contribution in [-0.4, -0.2) is 23.8 Å². The lowest BCUT2D eigenvalue weighted by Gasteiger charge is -2.15. The van der Waals surface area contributed by atoms with E-state index >= 15 is 0 Å². The van der Waals surface area contributed by atoms with Crippen LogP contribution in [0.2, 0.25) is 0 Å². The number of hydrogen-bond donors (Lipinski definition) is 2. The number of aliphatic hydroxyl groups excluding tert-OH is 1. The summed E-state index contributed by atoms with van der Waals surface area (Å²) in [6, 6.07) is 0.584. The molecule has 0 unspecified atom stereocenters. The summed E-state index contributed by atoms with van der Waals surface area (Å²) >= 11 is 0. The molecule has 2 atom stereocenters. The molecule has 2 nitrogen and oxygen atoms in total. The molecule has 2 heteroatoms. The molecule has 0 saturated carbocycles. The Morgan fingerprint density at radius 1 is 1.00 bits per heavy atom. The van der Waals surface area contributed by atoms with E-state index in [1.165, 1.54) is 12.8 Å². The van der Waals surface area contributed by atoms with E-state index in [-0.39, 0.29) is 6.10 Å². The average Bonchev–Trinajstić information content (AvgIpc) is 2.00. The smallest absolute Gasteiger partial charge is 0.0524 e. The molecule has 0 fully saturated rings. The minimum atomic E-state index is -0.176. The van der Waals surface area contributed by atoms with Gasteiger partial charge in [0.15, 0.2) is 0 Å². The standard InChI is InChI=1S/C11H25NO/c1-9(2)5-6-10(3)12-8-7-11(4)13/h9-13H,5-8H2,1-4H3/t10-,11+/m0/s1. The fourth-order valence-electron chi connectivity index (χ4n) is 1.22. The van der Waals surface area contributed by atoms with Gasteiger partial charge in [0.05, 0.1) is 6.10 Å². The minimum Gasteiger partial charge on any atom is -0.393 e. The second-order valence-electron chi connectivity index (χ2n) is 4.46. The lowest BCUT2D eigenvalue weighted by Crippen LogP contribution is -2.28. The molecule has 0 aromatic carbocycles. The zero-order valence-electron chi connectivity index (χ0n) is 9.51. The number of hydrogen-bond acceptors (Lipinski definition) is 2. The molecule has 0 aliphatic carbocycles. The molecule has 0 spiro atoms. The summed E-state index contributed by atoms with van der Waals surface area (Å²) in [5.41, 5.74) is 0. The third kappa shape index (κ3) is 9.84. The molecule has 0 rings (SSSR count). The first-order valence-corrected chi connectivity index (χ1v) is 5.43. The lowest BCUT2D eigenvalue weighted by molar-refractivity contribution is 0.182. The fourth-order valence-corrected chi connectivity index (χ4v) is 1.22. The summed E-state index contributed by atoms with van der Waals surface area (Å²) < 4.78 is 0. The maximum absolute atomic E-state index is 9.04. The molecule has 0 aliphatic rings. The highest BCUT2D eigenvalue weighted by Gasteiger charge is 2.03. The van der Waals surface area contributed by atoms with Gasteiger partial charge in [-0.1, -0.05) is 13.8 Å². The summed E-state index contributed by atoms with van der Waals surface area (Å²) in [6.07, 6.45) is 3.19. The number of nitrogens with one attached hydrogen (secondary N) is 1. The highest BCUT2D eigenvalue weighted by atomic mass is 16.3. The topological polar surface area (TPSA) is 32.3 Å². The van der Waals surface area contributed by atoms with Crippen LogP contribution in [0, 0.1) is 5.92 Å². The van der Waals surface area contributed by atoms with Crippen molar-refractivity contribution in [3.63, 3.8) is 0 Å². The van der Waals surface area contributed by atoms with Crippen molar-refractivity contribution < 1.29 is 5.11 Å². The highest BCUT2D eigenvalue weighted by Crippen LogP contribution is 2.06. The van der Waals surface area contributed by atoms with Gasteiger partial charge < -0.3 is 10.4 Å². The fraction of sp³-hybridized carbons (Fsp3) is 1.00. The molecule has 0 saturated heterocycles. The Bertz CT molecular complexity index is 113. The van der Waals surface area contributed by atoms with E-state index in [0.717, 1.165) is 18.9 Å². The van der Waals surface area contributed by atoms with Crippen molar-refractivity contribution in [2.24, 2.45) is 5.92 Å². The van der Waals surface area contributed by atoms with Crippen molar-refractivity contribution in [2.75, 3.05) is 6.54 Å². The Morgan fingerprint density at radius 2 is 1.62 bits per heavy atom. The van der Waals surface area contributed by atoms with Gasteiger partial charge in [0.25, 0.3) is 0 Å². The van der Waals surface area contributed by atoms with Gasteiger partial charge in [-0.2, -0.15) is 0 Å². The number of rotatable bonds is 7. The van der Waals surface area contributed by atoms with Crippen molar-refractivity contribution >= 4 is 0 Å². The van der Waals surface area contributed by atoms with E-state index in [9.17, 15) is 0 Å². The van der Waals surface area contributed by atoms with Gasteiger partial charge in [0, 0.05) is 6.04 Å². The van der Waals surface area contributed by atoms with Crippen molar-refractivity contribution in [3.8, 4) is 0 Å². The van der Waals surface area contributed by atoms with Crippen LogP contribution in [0.15, 0.2) is 0 Å². The van der Waals surface area contributed by atoms with Crippen LogP contribution < -0.4 is 5.32 Å². The largest absolute Gasteiger partial charge is 0.393 e. The maximum Gasteiger partial charge on any atom is 0.0524 e. The van der Waals surface area contributed by atoms with Crippen molar-refractivity contribution in [1.29, 1.82) is 0 Å². The monoisotopic (exact) mass is 187 g/mol. The minimum absolute atomic E-state index is 0.176. The predicted octanol–water partition coefficient (Wildman–Crippen LogP) is 2.17. The first-order valence-electron chi connectivity index (χ1n) is 5.43. The van der Waals surface area contributed by atoms with Crippen LogP contribution in [0.1, 0.15) is 47.0 Å². The third-order valence-electron chi connectivity index (χ3n) is 2.23. The van der Waals surface area contributed by atoms with E-state index < -0.39 is 0 Å². The maximum atomic E-state index is 9.04. The van der Waals surface area contributed by atoms with Crippen LogP contribution in [0.25, 0.3) is 0 Å². The molecule has 0 aromatic heterocycles. The highest BCUT2D eigenvalue weighted by molar-refractivity contribution is 4.62. The second-order valence-corrected chi connectivity index (χ2v) is 4.46. The molecular weight excluding hydrogens is 162 g/mol. The Hall–Kier alpha value is -0.0800. The van der Waals surface area contributed by atoms with E-state index in [1.54, 1.807) is 0 Å². The van der Waals surface area contributed by atoms with E-state index in [0.29, 0.717) is 6.04 Å². The molecule has 0 aromatic rings. The van der Waals surface area contributed by atoms with Crippen LogP contribution in [0.5, 0.6) is 0 Å². The van der Waals surface area contributed by atoms with E-state index in [4.69, 9.17) is 5.11 Å². The number of aliphatic hydroxyl groups is 1. The van der Waals surface area contributed by atoms with Crippen molar-refractivity contribution in [2.45, 2.75) is 59.1 Å². The molecule has 0 radical (unpaired) electrons. The van der Waals surface area contributed by atoms with Crippen LogP contribution >= 0.6 is 0 Å². The molecule has 0 heterocycles. The summed E-state index contributed by atoms with van der Waals surface area (Å²) in [5.74, 6) is 0.793. The van der Waals surface area contributed by atoms with Crippen LogP contribution in [0.4, 0.5) is 0 Å². The van der Waals surface area contributed by atoms with E-state index in [1.807, 2.05) is 6.92 Å². The summed E-state index contributed by atoms with van der Waals surface area (Å²) in [7, 11) is 0. The molecule has 0 aliphatic heterocycles. The van der Waals surface area contributed by atoms with Crippen LogP contribution in [0.3, 0.4) is 0 Å². The van der Waals surface area contributed by atoms with Crippen molar-refractivity contribution in [1.82, 2.24) is 5.32 Å². The van der Waals surface area contributed by atoms with Gasteiger partial charge in [-0.25, -0.2) is 0 Å². The molecule has 13 heavy (non-hydrogen) atoms. The lowest BCUT2D eigenvalue weighted by atomic mass is 10.0. The van der Waals surface area contributed by atoms with Gasteiger partial charge in [-0.3, -0.25) is 0 Å². The first kappa shape index (κ1) is 12.9. The summed E-state index contributed by atoms with van der Waals surface area (Å²) in [4.78, 5) is 0. The van der Waals surface area contributed by atoms with Crippen molar-refractivity contribution in [3.05, 3.63) is 0 Å². The zero-order chi connectivity index (χ0) is 10.3. The molecule has 80 valence electrons. The Morgan fingerprint density at radius 3 is 2.08 bits per heavy atom. The Labute approximate surface area is 82.7 Å². The van der Waals surface area contributed by atoms with Gasteiger partial charge in [0.1, 0.15) is 0 Å². The average molecular weight is 187 g/mol. The quantitative estimate of drug-likeness (QED) is 0.640. The summed E-state index contributed by atoms with van der Waals surface area (Å²) in [6.45, 7) is 9.48. The van der Waals surface area contributed by atoms with E-state index in [2.05, 4.69) is 26.1 Å². The third-order valence-corrected chi connectivity index (χ3v) is 2.23. The Balaban J connectivity index is 3.25. The Kier molecular flexibility index (Phi) is 7.29. The molecule has 0 bridgehead atoms. The molecule has 2 N–H and O–H groups in total. The molecular formula is C11H25NO. The van der Waals surface area contributed by atoms with Gasteiger partial charge in [-0.15, -0.1) is 0 Å². The van der Waals surface area contributed by atoms with Crippen LogP contribution in [-0.2, 0) is 0 Å². The normalized spacial score (nSPS) is 16.2. The SMILES string of the molecule is CC(C)CC[C@H](C)NCC[C@@H](C)O. The van der Waals surface area contributed by atoms with Gasteiger partial charge >= 0.3 is 0 Å². The second kappa shape index (κ2) is 7.34. The zero-order valence-corrected chi connectivity index (χ0v) is 9.51. The van der Waals surface area contributed by atoms with Gasteiger partial charge in [-0.05, 0) is 45.6 Å². The first-order chi connectivity index (χ1) is 6.02. The predicted molar refractivity (Wildman–Crippen MR) is 57.8 cm³/mol. The van der Waals surface area contributed by atoms with Gasteiger partial charge in [0.2, 0.25) is 0 Å². The summed E-state index contributed by atoms with van der Waals surface area (Å²) in [5, 5.41) is 12.5.